The topological polar surface area (TPSA) is 40.5 Å². The molecule has 0 bridgehead atoms. The number of halogens is 1. The molecule has 0 heterocycles. The molecule has 1 aliphatic carbocycles. The summed E-state index contributed by atoms with van der Waals surface area (Å²) in [6, 6.07) is 8.17. The Bertz CT molecular complexity index is 413. The second-order valence-electron chi connectivity index (χ2n) is 5.05. The lowest BCUT2D eigenvalue weighted by Gasteiger charge is -2.28. The van der Waals surface area contributed by atoms with Crippen LogP contribution in [0.25, 0.3) is 0 Å². The Kier molecular flexibility index (Phi) is 5.40. The largest absolute Gasteiger partial charge is 0.395 e. The molecule has 0 unspecified atom stereocenters. The summed E-state index contributed by atoms with van der Waals surface area (Å²) in [4.78, 5) is 14.2. The van der Waals surface area contributed by atoms with Gasteiger partial charge in [-0.2, -0.15) is 0 Å². The summed E-state index contributed by atoms with van der Waals surface area (Å²) in [5, 5.41) is 9.15. The van der Waals surface area contributed by atoms with E-state index >= 15 is 0 Å². The monoisotopic (exact) mass is 325 g/mol. The highest BCUT2D eigenvalue weighted by Crippen LogP contribution is 2.24. The maximum Gasteiger partial charge on any atom is 0.227 e. The minimum absolute atomic E-state index is 0.0442. The van der Waals surface area contributed by atoms with Gasteiger partial charge in [0.25, 0.3) is 0 Å². The zero-order valence-corrected chi connectivity index (χ0v) is 12.6. The average Bonchev–Trinajstić information content (AvgIpc) is 2.92. The minimum atomic E-state index is 0.0442. The van der Waals surface area contributed by atoms with Gasteiger partial charge < -0.3 is 10.0 Å². The number of hydrogen-bond acceptors (Lipinski definition) is 2. The fourth-order valence-corrected chi connectivity index (χ4v) is 2.98. The Hall–Kier alpha value is -0.870. The van der Waals surface area contributed by atoms with Crippen LogP contribution in [0.2, 0.25) is 0 Å². The van der Waals surface area contributed by atoms with Crippen molar-refractivity contribution in [1.29, 1.82) is 0 Å². The van der Waals surface area contributed by atoms with E-state index < -0.39 is 0 Å². The summed E-state index contributed by atoms with van der Waals surface area (Å²) < 4.78 is 1.02. The van der Waals surface area contributed by atoms with Crippen LogP contribution in [-0.2, 0) is 11.2 Å². The molecule has 104 valence electrons. The summed E-state index contributed by atoms with van der Waals surface area (Å²) >= 11 is 3.39. The lowest BCUT2D eigenvalue weighted by Crippen LogP contribution is -2.41. The molecule has 0 atom stereocenters. The lowest BCUT2D eigenvalue weighted by molar-refractivity contribution is -0.133. The van der Waals surface area contributed by atoms with Crippen molar-refractivity contribution in [3.8, 4) is 0 Å². The summed E-state index contributed by atoms with van der Waals surface area (Å²) in [6.07, 6.45) is 4.96. The number of carbonyl (C=O) groups is 1. The van der Waals surface area contributed by atoms with Crippen molar-refractivity contribution in [1.82, 2.24) is 4.90 Å². The molecule has 0 aliphatic heterocycles. The molecule has 1 amide bonds. The van der Waals surface area contributed by atoms with Gasteiger partial charge in [0, 0.05) is 17.1 Å². The van der Waals surface area contributed by atoms with Gasteiger partial charge in [-0.25, -0.2) is 0 Å². The van der Waals surface area contributed by atoms with Crippen molar-refractivity contribution in [2.75, 3.05) is 13.2 Å². The summed E-state index contributed by atoms with van der Waals surface area (Å²) in [5.41, 5.74) is 1.02. The summed E-state index contributed by atoms with van der Waals surface area (Å²) in [5.74, 6) is 0.128. The molecule has 0 radical (unpaired) electrons. The van der Waals surface area contributed by atoms with Crippen LogP contribution in [0.15, 0.2) is 28.7 Å². The van der Waals surface area contributed by atoms with Crippen molar-refractivity contribution in [2.24, 2.45) is 0 Å². The molecule has 1 aliphatic rings. The zero-order valence-electron chi connectivity index (χ0n) is 11.0. The number of aliphatic hydroxyl groups is 1. The van der Waals surface area contributed by atoms with E-state index in [1.165, 1.54) is 12.8 Å². The molecule has 1 aromatic carbocycles. The van der Waals surface area contributed by atoms with E-state index in [9.17, 15) is 4.79 Å². The number of nitrogens with zero attached hydrogens (tertiary/aromatic N) is 1. The highest BCUT2D eigenvalue weighted by molar-refractivity contribution is 9.10. The quantitative estimate of drug-likeness (QED) is 0.904. The van der Waals surface area contributed by atoms with Gasteiger partial charge in [0.2, 0.25) is 5.91 Å². The maximum atomic E-state index is 12.4. The molecule has 4 heteroatoms. The Morgan fingerprint density at radius 3 is 2.47 bits per heavy atom. The molecule has 0 spiro atoms. The fraction of sp³-hybridized carbons (Fsp3) is 0.533. The highest BCUT2D eigenvalue weighted by Gasteiger charge is 2.25. The third-order valence-corrected chi connectivity index (χ3v) is 4.22. The first kappa shape index (κ1) is 14.5. The number of benzene rings is 1. The van der Waals surface area contributed by atoms with E-state index in [4.69, 9.17) is 5.11 Å². The zero-order chi connectivity index (χ0) is 13.7. The van der Waals surface area contributed by atoms with E-state index in [0.717, 1.165) is 22.9 Å². The van der Waals surface area contributed by atoms with E-state index in [2.05, 4.69) is 15.9 Å². The van der Waals surface area contributed by atoms with Crippen LogP contribution in [0, 0.1) is 0 Å². The third kappa shape index (κ3) is 4.05. The van der Waals surface area contributed by atoms with Gasteiger partial charge in [0.05, 0.1) is 13.0 Å². The van der Waals surface area contributed by atoms with Crippen LogP contribution in [-0.4, -0.2) is 35.1 Å². The highest BCUT2D eigenvalue weighted by atomic mass is 79.9. The number of carbonyl (C=O) groups excluding carboxylic acids is 1. The first-order valence-corrected chi connectivity index (χ1v) is 7.65. The second-order valence-corrected chi connectivity index (χ2v) is 5.97. The fourth-order valence-electron chi connectivity index (χ4n) is 2.71. The summed E-state index contributed by atoms with van der Waals surface area (Å²) in [7, 11) is 0. The Morgan fingerprint density at radius 2 is 1.89 bits per heavy atom. The second kappa shape index (κ2) is 7.06. The Labute approximate surface area is 122 Å². The van der Waals surface area contributed by atoms with Gasteiger partial charge >= 0.3 is 0 Å². The van der Waals surface area contributed by atoms with Gasteiger partial charge in [-0.05, 0) is 30.5 Å². The molecule has 2 rings (SSSR count). The molecule has 3 nitrogen and oxygen atoms in total. The Balaban J connectivity index is 2.00. The van der Waals surface area contributed by atoms with Crippen LogP contribution in [0.4, 0.5) is 0 Å². The normalized spacial score (nSPS) is 15.7. The third-order valence-electron chi connectivity index (χ3n) is 3.70. The predicted molar refractivity (Wildman–Crippen MR) is 78.9 cm³/mol. The molecule has 0 aromatic heterocycles. The van der Waals surface area contributed by atoms with E-state index in [1.54, 1.807) is 0 Å². The number of hydrogen-bond donors (Lipinski definition) is 1. The van der Waals surface area contributed by atoms with E-state index in [-0.39, 0.29) is 12.5 Å². The van der Waals surface area contributed by atoms with Gasteiger partial charge in [-0.15, -0.1) is 0 Å². The van der Waals surface area contributed by atoms with Crippen LogP contribution < -0.4 is 0 Å². The van der Waals surface area contributed by atoms with Crippen molar-refractivity contribution in [3.05, 3.63) is 34.3 Å². The van der Waals surface area contributed by atoms with Gasteiger partial charge in [0.1, 0.15) is 0 Å². The molecular weight excluding hydrogens is 306 g/mol. The molecular formula is C15H20BrNO2. The number of rotatable bonds is 5. The molecule has 1 saturated carbocycles. The predicted octanol–water partition coefficient (Wildman–Crippen LogP) is 2.76. The van der Waals surface area contributed by atoms with Gasteiger partial charge in [0.15, 0.2) is 0 Å². The maximum absolute atomic E-state index is 12.4. The van der Waals surface area contributed by atoms with Crippen molar-refractivity contribution in [3.63, 3.8) is 0 Å². The van der Waals surface area contributed by atoms with E-state index in [1.807, 2.05) is 29.2 Å². The average molecular weight is 326 g/mol. The van der Waals surface area contributed by atoms with Crippen LogP contribution >= 0.6 is 15.9 Å². The lowest BCUT2D eigenvalue weighted by atomic mass is 10.1. The van der Waals surface area contributed by atoms with Crippen LogP contribution in [0.5, 0.6) is 0 Å². The first-order chi connectivity index (χ1) is 9.20. The van der Waals surface area contributed by atoms with Gasteiger partial charge in [-0.1, -0.05) is 40.9 Å². The van der Waals surface area contributed by atoms with Crippen molar-refractivity contribution < 1.29 is 9.90 Å². The first-order valence-electron chi connectivity index (χ1n) is 6.85. The number of amides is 1. The van der Waals surface area contributed by atoms with Crippen LogP contribution in [0.1, 0.15) is 31.2 Å². The van der Waals surface area contributed by atoms with E-state index in [0.29, 0.717) is 19.0 Å². The van der Waals surface area contributed by atoms with Crippen molar-refractivity contribution >= 4 is 21.8 Å². The minimum Gasteiger partial charge on any atom is -0.395 e. The smallest absolute Gasteiger partial charge is 0.227 e. The number of aliphatic hydroxyl groups excluding tert-OH is 1. The SMILES string of the molecule is O=C(Cc1ccc(Br)cc1)N(CCO)C1CCCC1. The van der Waals surface area contributed by atoms with Crippen molar-refractivity contribution in [2.45, 2.75) is 38.1 Å². The molecule has 1 N–H and O–H groups in total. The molecule has 0 saturated heterocycles. The summed E-state index contributed by atoms with van der Waals surface area (Å²) in [6.45, 7) is 0.503. The standard InChI is InChI=1S/C15H20BrNO2/c16-13-7-5-12(6-8-13)11-15(19)17(9-10-18)14-3-1-2-4-14/h5-8,14,18H,1-4,9-11H2. The van der Waals surface area contributed by atoms with Gasteiger partial charge in [-0.3, -0.25) is 4.79 Å². The van der Waals surface area contributed by atoms with Crippen LogP contribution in [0.3, 0.4) is 0 Å². The molecule has 1 aromatic rings. The Morgan fingerprint density at radius 1 is 1.26 bits per heavy atom. The molecule has 1 fully saturated rings. The molecule has 19 heavy (non-hydrogen) atoms.